The Morgan fingerprint density at radius 2 is 1.75 bits per heavy atom. The van der Waals surface area contributed by atoms with Gasteiger partial charge < -0.3 is 0 Å². The quantitative estimate of drug-likeness (QED) is 0.344. The molecule has 0 saturated heterocycles. The summed E-state index contributed by atoms with van der Waals surface area (Å²) in [5.74, 6) is 0.883. The van der Waals surface area contributed by atoms with Crippen LogP contribution in [-0.2, 0) is 6.42 Å². The minimum Gasteiger partial charge on any atom is -0.258 e. The summed E-state index contributed by atoms with van der Waals surface area (Å²) < 4.78 is 0. The first-order chi connectivity index (χ1) is 11.5. The Hall–Kier alpha value is -2.42. The minimum absolute atomic E-state index is 0.146. The zero-order valence-corrected chi connectivity index (χ0v) is 14.4. The highest BCUT2D eigenvalue weighted by Crippen LogP contribution is 2.31. The van der Waals surface area contributed by atoms with E-state index in [4.69, 9.17) is 0 Å². The van der Waals surface area contributed by atoms with E-state index in [-0.39, 0.29) is 10.6 Å². The third-order valence-electron chi connectivity index (χ3n) is 4.28. The van der Waals surface area contributed by atoms with E-state index in [2.05, 4.69) is 44.7 Å². The molecule has 0 saturated carbocycles. The molecular formula is C21H25NO2. The molecule has 0 aliphatic carbocycles. The molecule has 0 aromatic heterocycles. The third-order valence-corrected chi connectivity index (χ3v) is 4.28. The van der Waals surface area contributed by atoms with E-state index < -0.39 is 0 Å². The average molecular weight is 323 g/mol. The van der Waals surface area contributed by atoms with Gasteiger partial charge in [0.25, 0.3) is 5.69 Å². The fourth-order valence-corrected chi connectivity index (χ4v) is 3.27. The van der Waals surface area contributed by atoms with Crippen LogP contribution in [0.1, 0.15) is 43.7 Å². The van der Waals surface area contributed by atoms with Crippen LogP contribution in [0.5, 0.6) is 0 Å². The first-order valence-electron chi connectivity index (χ1n) is 8.38. The number of hydrogen-bond donors (Lipinski definition) is 0. The van der Waals surface area contributed by atoms with Gasteiger partial charge in [0.05, 0.1) is 4.92 Å². The van der Waals surface area contributed by atoms with Crippen LogP contribution in [0.4, 0.5) is 5.69 Å². The summed E-state index contributed by atoms with van der Waals surface area (Å²) in [6.45, 7) is 8.33. The molecule has 0 amide bonds. The van der Waals surface area contributed by atoms with E-state index in [9.17, 15) is 10.1 Å². The molecule has 2 aromatic carbocycles. The molecule has 0 fully saturated rings. The van der Waals surface area contributed by atoms with E-state index in [0.717, 1.165) is 24.8 Å². The van der Waals surface area contributed by atoms with Crippen LogP contribution < -0.4 is 0 Å². The first kappa shape index (κ1) is 17.9. The SMILES string of the molecule is C=C(C)CC(C)CC(Cc1ccccc1)c1ccc([N+](=O)[O-])cc1. The summed E-state index contributed by atoms with van der Waals surface area (Å²) in [7, 11) is 0. The maximum Gasteiger partial charge on any atom is 0.269 e. The van der Waals surface area contributed by atoms with Gasteiger partial charge in [0.2, 0.25) is 0 Å². The van der Waals surface area contributed by atoms with Crippen LogP contribution in [0.25, 0.3) is 0 Å². The molecule has 0 spiro atoms. The monoisotopic (exact) mass is 323 g/mol. The maximum atomic E-state index is 10.9. The Morgan fingerprint density at radius 3 is 2.29 bits per heavy atom. The van der Waals surface area contributed by atoms with Gasteiger partial charge >= 0.3 is 0 Å². The van der Waals surface area contributed by atoms with E-state index in [1.807, 2.05) is 18.2 Å². The van der Waals surface area contributed by atoms with Crippen molar-refractivity contribution in [3.8, 4) is 0 Å². The average Bonchev–Trinajstić information content (AvgIpc) is 2.54. The summed E-state index contributed by atoms with van der Waals surface area (Å²) in [4.78, 5) is 10.5. The van der Waals surface area contributed by atoms with Gasteiger partial charge in [0.1, 0.15) is 0 Å². The summed E-state index contributed by atoms with van der Waals surface area (Å²) >= 11 is 0. The second-order valence-electron chi connectivity index (χ2n) is 6.74. The molecule has 126 valence electrons. The lowest BCUT2D eigenvalue weighted by molar-refractivity contribution is -0.384. The lowest BCUT2D eigenvalue weighted by Gasteiger charge is -2.22. The first-order valence-corrected chi connectivity index (χ1v) is 8.38. The van der Waals surface area contributed by atoms with Crippen molar-refractivity contribution >= 4 is 5.69 Å². The van der Waals surface area contributed by atoms with Crippen molar-refractivity contribution in [2.75, 3.05) is 0 Å². The lowest BCUT2D eigenvalue weighted by Crippen LogP contribution is -2.09. The molecule has 2 rings (SSSR count). The lowest BCUT2D eigenvalue weighted by atomic mass is 9.83. The molecule has 2 unspecified atom stereocenters. The molecule has 0 N–H and O–H groups in total. The van der Waals surface area contributed by atoms with E-state index in [1.54, 1.807) is 12.1 Å². The van der Waals surface area contributed by atoms with Crippen molar-refractivity contribution in [3.05, 3.63) is 88.0 Å². The number of nitrogens with zero attached hydrogens (tertiary/aromatic N) is 1. The van der Waals surface area contributed by atoms with Crippen molar-refractivity contribution in [3.63, 3.8) is 0 Å². The smallest absolute Gasteiger partial charge is 0.258 e. The number of allylic oxidation sites excluding steroid dienone is 1. The van der Waals surface area contributed by atoms with Gasteiger partial charge in [-0.2, -0.15) is 0 Å². The van der Waals surface area contributed by atoms with Crippen LogP contribution in [0.3, 0.4) is 0 Å². The zero-order valence-electron chi connectivity index (χ0n) is 14.4. The number of nitro groups is 1. The van der Waals surface area contributed by atoms with E-state index in [0.29, 0.717) is 11.8 Å². The molecule has 0 aliphatic rings. The number of hydrogen-bond acceptors (Lipinski definition) is 2. The van der Waals surface area contributed by atoms with Gasteiger partial charge in [-0.05, 0) is 49.1 Å². The highest BCUT2D eigenvalue weighted by Gasteiger charge is 2.17. The molecule has 3 nitrogen and oxygen atoms in total. The highest BCUT2D eigenvalue weighted by atomic mass is 16.6. The van der Waals surface area contributed by atoms with Crippen molar-refractivity contribution in [1.29, 1.82) is 0 Å². The van der Waals surface area contributed by atoms with Gasteiger partial charge in [-0.1, -0.05) is 55.0 Å². The topological polar surface area (TPSA) is 43.1 Å². The predicted molar refractivity (Wildman–Crippen MR) is 99.2 cm³/mol. The molecule has 2 atom stereocenters. The summed E-state index contributed by atoms with van der Waals surface area (Å²) in [6.07, 6.45) is 3.00. The Labute approximate surface area is 144 Å². The van der Waals surface area contributed by atoms with Crippen LogP contribution in [0.2, 0.25) is 0 Å². The molecule has 2 aromatic rings. The van der Waals surface area contributed by atoms with Gasteiger partial charge in [-0.25, -0.2) is 0 Å². The number of non-ortho nitro benzene ring substituents is 1. The molecule has 24 heavy (non-hydrogen) atoms. The normalized spacial score (nSPS) is 13.2. The Bertz CT molecular complexity index is 677. The van der Waals surface area contributed by atoms with E-state index in [1.165, 1.54) is 11.1 Å². The predicted octanol–water partition coefficient (Wildman–Crippen LogP) is 5.91. The molecule has 0 heterocycles. The second kappa shape index (κ2) is 8.44. The van der Waals surface area contributed by atoms with Crippen LogP contribution in [0, 0.1) is 16.0 Å². The molecule has 0 bridgehead atoms. The molecule has 0 radical (unpaired) electrons. The van der Waals surface area contributed by atoms with Crippen LogP contribution in [-0.4, -0.2) is 4.92 Å². The summed E-state index contributed by atoms with van der Waals surface area (Å²) in [5, 5.41) is 10.9. The van der Waals surface area contributed by atoms with Crippen molar-refractivity contribution in [1.82, 2.24) is 0 Å². The molecular weight excluding hydrogens is 298 g/mol. The fraction of sp³-hybridized carbons (Fsp3) is 0.333. The number of benzene rings is 2. The summed E-state index contributed by atoms with van der Waals surface area (Å²) in [6, 6.07) is 17.4. The standard InChI is InChI=1S/C21H25NO2/c1-16(2)13-17(3)14-20(15-18-7-5-4-6-8-18)19-9-11-21(12-10-19)22(23)24/h4-12,17,20H,1,13-15H2,2-3H3. The summed E-state index contributed by atoms with van der Waals surface area (Å²) in [5.41, 5.74) is 3.80. The number of nitro benzene ring substituents is 1. The van der Waals surface area contributed by atoms with Gasteiger partial charge in [-0.15, -0.1) is 6.58 Å². The molecule has 3 heteroatoms. The van der Waals surface area contributed by atoms with E-state index >= 15 is 0 Å². The largest absolute Gasteiger partial charge is 0.269 e. The Balaban J connectivity index is 2.20. The maximum absolute atomic E-state index is 10.9. The Kier molecular flexibility index (Phi) is 6.30. The molecule has 0 aliphatic heterocycles. The number of rotatable bonds is 8. The van der Waals surface area contributed by atoms with Crippen molar-refractivity contribution in [2.45, 2.75) is 39.0 Å². The van der Waals surface area contributed by atoms with Gasteiger partial charge in [-0.3, -0.25) is 10.1 Å². The van der Waals surface area contributed by atoms with Gasteiger partial charge in [0, 0.05) is 12.1 Å². The van der Waals surface area contributed by atoms with Crippen molar-refractivity contribution in [2.24, 2.45) is 5.92 Å². The van der Waals surface area contributed by atoms with Crippen LogP contribution in [0.15, 0.2) is 66.7 Å². The second-order valence-corrected chi connectivity index (χ2v) is 6.74. The van der Waals surface area contributed by atoms with Crippen LogP contribution >= 0.6 is 0 Å². The highest BCUT2D eigenvalue weighted by molar-refractivity contribution is 5.35. The van der Waals surface area contributed by atoms with Crippen molar-refractivity contribution < 1.29 is 4.92 Å². The fourth-order valence-electron chi connectivity index (χ4n) is 3.27. The van der Waals surface area contributed by atoms with Gasteiger partial charge in [0.15, 0.2) is 0 Å². The Morgan fingerprint density at radius 1 is 1.12 bits per heavy atom. The third kappa shape index (κ3) is 5.34. The minimum atomic E-state index is -0.348. The zero-order chi connectivity index (χ0) is 17.5.